The van der Waals surface area contributed by atoms with E-state index in [1.54, 1.807) is 0 Å². The molecule has 0 atom stereocenters. The fraction of sp³-hybridized carbons (Fsp3) is 0.0909. The number of carbonyl (C=O) groups is 2. The summed E-state index contributed by atoms with van der Waals surface area (Å²) in [4.78, 5) is 30.5. The van der Waals surface area contributed by atoms with Gasteiger partial charge in [0.15, 0.2) is 4.47 Å². The van der Waals surface area contributed by atoms with Crippen LogP contribution in [0.4, 0.5) is 13.2 Å². The average molecular weight is 336 g/mol. The zero-order valence-corrected chi connectivity index (χ0v) is 11.5. The Bertz CT molecular complexity index is 702. The molecule has 2 aromatic rings. The SMILES string of the molecule is O=C(NC(=O)c1cnccc1C(F)(F)F)c1cnc(Cl)s1. The highest BCUT2D eigenvalue weighted by Crippen LogP contribution is 2.31. The summed E-state index contributed by atoms with van der Waals surface area (Å²) in [5, 5.41) is 1.83. The van der Waals surface area contributed by atoms with Crippen molar-refractivity contribution in [1.29, 1.82) is 0 Å². The summed E-state index contributed by atoms with van der Waals surface area (Å²) in [7, 11) is 0. The number of rotatable bonds is 2. The van der Waals surface area contributed by atoms with Crippen LogP contribution in [0.5, 0.6) is 0 Å². The lowest BCUT2D eigenvalue weighted by Crippen LogP contribution is -2.31. The molecule has 1 N–H and O–H groups in total. The van der Waals surface area contributed by atoms with Crippen LogP contribution in [0.3, 0.4) is 0 Å². The molecule has 0 fully saturated rings. The van der Waals surface area contributed by atoms with Gasteiger partial charge in [0.05, 0.1) is 17.3 Å². The number of pyridine rings is 1. The third-order valence-electron chi connectivity index (χ3n) is 2.30. The summed E-state index contributed by atoms with van der Waals surface area (Å²) in [5.74, 6) is -2.09. The Morgan fingerprint density at radius 1 is 1.24 bits per heavy atom. The topological polar surface area (TPSA) is 72.0 Å². The molecule has 110 valence electrons. The first-order valence-corrected chi connectivity index (χ1v) is 6.46. The smallest absolute Gasteiger partial charge is 0.287 e. The van der Waals surface area contributed by atoms with E-state index in [-0.39, 0.29) is 9.34 Å². The summed E-state index contributed by atoms with van der Waals surface area (Å²) in [6.07, 6.45) is -1.97. The number of aromatic nitrogens is 2. The van der Waals surface area contributed by atoms with Crippen molar-refractivity contribution in [3.05, 3.63) is 45.1 Å². The molecule has 2 aromatic heterocycles. The van der Waals surface area contributed by atoms with E-state index in [9.17, 15) is 22.8 Å². The number of hydrogen-bond acceptors (Lipinski definition) is 5. The molecule has 0 aliphatic rings. The first kappa shape index (κ1) is 15.4. The predicted molar refractivity (Wildman–Crippen MR) is 68.2 cm³/mol. The molecule has 2 amide bonds. The summed E-state index contributed by atoms with van der Waals surface area (Å²) in [5.41, 5.74) is -1.92. The van der Waals surface area contributed by atoms with Crippen LogP contribution in [0.1, 0.15) is 25.6 Å². The average Bonchev–Trinajstić information content (AvgIpc) is 2.84. The Kier molecular flexibility index (Phi) is 4.24. The molecular formula is C11H5ClF3N3O2S. The zero-order chi connectivity index (χ0) is 15.6. The highest BCUT2D eigenvalue weighted by atomic mass is 35.5. The van der Waals surface area contributed by atoms with E-state index in [4.69, 9.17) is 11.6 Å². The Morgan fingerprint density at radius 3 is 2.52 bits per heavy atom. The molecule has 2 rings (SSSR count). The van der Waals surface area contributed by atoms with Crippen LogP contribution in [0.25, 0.3) is 0 Å². The largest absolute Gasteiger partial charge is 0.417 e. The second-order valence-electron chi connectivity index (χ2n) is 3.68. The lowest BCUT2D eigenvalue weighted by atomic mass is 10.1. The van der Waals surface area contributed by atoms with Gasteiger partial charge >= 0.3 is 6.18 Å². The van der Waals surface area contributed by atoms with Crippen LogP contribution in [0, 0.1) is 0 Å². The van der Waals surface area contributed by atoms with Gasteiger partial charge in [-0.25, -0.2) is 4.98 Å². The number of nitrogens with one attached hydrogen (secondary N) is 1. The van der Waals surface area contributed by atoms with E-state index in [2.05, 4.69) is 9.97 Å². The second kappa shape index (κ2) is 5.78. The Morgan fingerprint density at radius 2 is 1.95 bits per heavy atom. The lowest BCUT2D eigenvalue weighted by molar-refractivity contribution is -0.138. The maximum absolute atomic E-state index is 12.8. The predicted octanol–water partition coefficient (Wildman–Crippen LogP) is 2.78. The maximum atomic E-state index is 12.8. The van der Waals surface area contributed by atoms with Gasteiger partial charge in [-0.05, 0) is 6.07 Å². The van der Waals surface area contributed by atoms with Gasteiger partial charge in [-0.2, -0.15) is 13.2 Å². The zero-order valence-electron chi connectivity index (χ0n) is 9.94. The van der Waals surface area contributed by atoms with E-state index in [0.717, 1.165) is 29.9 Å². The quantitative estimate of drug-likeness (QED) is 0.857. The van der Waals surface area contributed by atoms with Crippen molar-refractivity contribution < 1.29 is 22.8 Å². The lowest BCUT2D eigenvalue weighted by Gasteiger charge is -2.11. The van der Waals surface area contributed by atoms with Crippen LogP contribution in [0.15, 0.2) is 24.7 Å². The molecule has 0 aliphatic heterocycles. The van der Waals surface area contributed by atoms with Crippen molar-refractivity contribution in [2.75, 3.05) is 0 Å². The monoisotopic (exact) mass is 335 g/mol. The molecule has 0 bridgehead atoms. The van der Waals surface area contributed by atoms with Crippen LogP contribution >= 0.6 is 22.9 Å². The Labute approximate surface area is 124 Å². The second-order valence-corrected chi connectivity index (χ2v) is 5.29. The van der Waals surface area contributed by atoms with Gasteiger partial charge in [-0.15, -0.1) is 0 Å². The van der Waals surface area contributed by atoms with Crippen LogP contribution in [0.2, 0.25) is 4.47 Å². The number of halogens is 4. The normalized spacial score (nSPS) is 11.2. The maximum Gasteiger partial charge on any atom is 0.417 e. The number of nitrogens with zero attached hydrogens (tertiary/aromatic N) is 2. The highest BCUT2D eigenvalue weighted by Gasteiger charge is 2.35. The van der Waals surface area contributed by atoms with Gasteiger partial charge in [-0.3, -0.25) is 19.9 Å². The van der Waals surface area contributed by atoms with Gasteiger partial charge in [0.1, 0.15) is 4.88 Å². The molecular weight excluding hydrogens is 331 g/mol. The molecule has 0 spiro atoms. The minimum absolute atomic E-state index is 0.00537. The van der Waals surface area contributed by atoms with Crippen LogP contribution in [-0.4, -0.2) is 21.8 Å². The van der Waals surface area contributed by atoms with Gasteiger partial charge in [0, 0.05) is 12.4 Å². The van der Waals surface area contributed by atoms with Crippen molar-refractivity contribution >= 4 is 34.8 Å². The van der Waals surface area contributed by atoms with E-state index >= 15 is 0 Å². The standard InChI is InChI=1S/C11H5ClF3N3O2S/c12-10-17-4-7(21-10)9(20)18-8(19)5-3-16-2-1-6(5)11(13,14)15/h1-4H,(H,18,19,20). The van der Waals surface area contributed by atoms with E-state index in [1.165, 1.54) is 0 Å². The van der Waals surface area contributed by atoms with Crippen molar-refractivity contribution in [2.45, 2.75) is 6.18 Å². The number of hydrogen-bond donors (Lipinski definition) is 1. The van der Waals surface area contributed by atoms with Crippen LogP contribution < -0.4 is 5.32 Å². The third-order valence-corrected chi connectivity index (χ3v) is 3.41. The van der Waals surface area contributed by atoms with Gasteiger partial charge in [0.25, 0.3) is 11.8 Å². The number of imide groups is 1. The first-order chi connectivity index (χ1) is 9.79. The summed E-state index contributed by atoms with van der Waals surface area (Å²) in [6, 6.07) is 0.656. The van der Waals surface area contributed by atoms with E-state index in [1.807, 2.05) is 5.32 Å². The van der Waals surface area contributed by atoms with E-state index in [0.29, 0.717) is 6.07 Å². The van der Waals surface area contributed by atoms with Gasteiger partial charge in [-0.1, -0.05) is 22.9 Å². The molecule has 21 heavy (non-hydrogen) atoms. The first-order valence-electron chi connectivity index (χ1n) is 5.27. The number of carbonyl (C=O) groups excluding carboxylic acids is 2. The minimum Gasteiger partial charge on any atom is -0.287 e. The summed E-state index contributed by atoms with van der Waals surface area (Å²) < 4.78 is 38.3. The molecule has 0 saturated carbocycles. The minimum atomic E-state index is -4.73. The van der Waals surface area contributed by atoms with Gasteiger partial charge in [0.2, 0.25) is 0 Å². The van der Waals surface area contributed by atoms with Crippen molar-refractivity contribution in [2.24, 2.45) is 0 Å². The molecule has 2 heterocycles. The number of amides is 2. The number of alkyl halides is 3. The number of thiazole rings is 1. The molecule has 0 unspecified atom stereocenters. The van der Waals surface area contributed by atoms with Gasteiger partial charge < -0.3 is 0 Å². The summed E-state index contributed by atoms with van der Waals surface area (Å²) >= 11 is 6.32. The Hall–Kier alpha value is -2.00. The molecule has 0 aliphatic carbocycles. The Balaban J connectivity index is 2.24. The summed E-state index contributed by atoms with van der Waals surface area (Å²) in [6.45, 7) is 0. The van der Waals surface area contributed by atoms with Crippen LogP contribution in [-0.2, 0) is 6.18 Å². The molecule has 0 aromatic carbocycles. The molecule has 10 heteroatoms. The van der Waals surface area contributed by atoms with E-state index < -0.39 is 29.1 Å². The highest BCUT2D eigenvalue weighted by molar-refractivity contribution is 7.17. The fourth-order valence-electron chi connectivity index (χ4n) is 1.41. The van der Waals surface area contributed by atoms with Crippen molar-refractivity contribution in [3.8, 4) is 0 Å². The van der Waals surface area contributed by atoms with Crippen molar-refractivity contribution in [3.63, 3.8) is 0 Å². The third kappa shape index (κ3) is 3.56. The molecule has 0 saturated heterocycles. The van der Waals surface area contributed by atoms with Crippen molar-refractivity contribution in [1.82, 2.24) is 15.3 Å². The molecule has 0 radical (unpaired) electrons. The fourth-order valence-corrected chi connectivity index (χ4v) is 2.25. The molecule has 5 nitrogen and oxygen atoms in total.